The first kappa shape index (κ1) is 8.35. The molecule has 0 bridgehead atoms. The highest BCUT2D eigenvalue weighted by atomic mass is 16.2. The van der Waals surface area contributed by atoms with Gasteiger partial charge in [0.1, 0.15) is 0 Å². The van der Waals surface area contributed by atoms with Gasteiger partial charge in [-0.05, 0) is 0 Å². The molecule has 0 saturated carbocycles. The number of hydrogen-bond acceptors (Lipinski definition) is 4. The summed E-state index contributed by atoms with van der Waals surface area (Å²) < 4.78 is 0. The second-order valence-electron chi connectivity index (χ2n) is 1.45. The van der Waals surface area contributed by atoms with E-state index in [4.69, 9.17) is 5.84 Å². The van der Waals surface area contributed by atoms with Crippen LogP contribution in [0, 0.1) is 0 Å². The summed E-state index contributed by atoms with van der Waals surface area (Å²) in [6, 6.07) is 0. The van der Waals surface area contributed by atoms with Crippen LogP contribution in [0.1, 0.15) is 6.92 Å². The third-order valence-corrected chi connectivity index (χ3v) is 0.712. The lowest BCUT2D eigenvalue weighted by molar-refractivity contribution is -0.120. The predicted octanol–water partition coefficient (Wildman–Crippen LogP) is -1.91. The van der Waals surface area contributed by atoms with Crippen molar-refractivity contribution in [1.29, 1.82) is 0 Å². The first-order chi connectivity index (χ1) is 4.31. The molecule has 0 aromatic carbocycles. The number of rotatable bonds is 4. The van der Waals surface area contributed by atoms with E-state index < -0.39 is 0 Å². The fourth-order valence-corrected chi connectivity index (χ4v) is 0.319. The molecule has 0 aliphatic carbocycles. The van der Waals surface area contributed by atoms with Crippen LogP contribution in [0.4, 0.5) is 0 Å². The molecule has 5 N–H and O–H groups in total. The zero-order chi connectivity index (χ0) is 7.11. The maximum Gasteiger partial charge on any atom is 0.249 e. The second kappa shape index (κ2) is 5.49. The van der Waals surface area contributed by atoms with E-state index in [0.717, 1.165) is 6.54 Å². The summed E-state index contributed by atoms with van der Waals surface area (Å²) in [7, 11) is 0. The van der Waals surface area contributed by atoms with Crippen molar-refractivity contribution in [3.63, 3.8) is 0 Å². The van der Waals surface area contributed by atoms with Gasteiger partial charge >= 0.3 is 0 Å². The number of hydrogen-bond donors (Lipinski definition) is 4. The van der Waals surface area contributed by atoms with Gasteiger partial charge in [0.05, 0.1) is 6.54 Å². The van der Waals surface area contributed by atoms with Crippen LogP contribution < -0.4 is 22.1 Å². The van der Waals surface area contributed by atoms with Crippen molar-refractivity contribution in [2.24, 2.45) is 5.84 Å². The summed E-state index contributed by atoms with van der Waals surface area (Å²) in [5.74, 6) is 4.55. The van der Waals surface area contributed by atoms with Gasteiger partial charge < -0.3 is 0 Å². The Morgan fingerprint density at radius 3 is 2.67 bits per heavy atom. The highest BCUT2D eigenvalue weighted by Crippen LogP contribution is 1.53. The van der Waals surface area contributed by atoms with Crippen molar-refractivity contribution in [1.82, 2.24) is 16.3 Å². The largest absolute Gasteiger partial charge is 0.293 e. The van der Waals surface area contributed by atoms with Crippen molar-refractivity contribution < 1.29 is 4.79 Å². The van der Waals surface area contributed by atoms with E-state index in [1.54, 1.807) is 0 Å². The molecule has 0 aromatic rings. The van der Waals surface area contributed by atoms with Crippen LogP contribution in [0.3, 0.4) is 0 Å². The topological polar surface area (TPSA) is 79.2 Å². The fourth-order valence-electron chi connectivity index (χ4n) is 0.319. The Bertz CT molecular complexity index is 84.6. The maximum absolute atomic E-state index is 10.3. The van der Waals surface area contributed by atoms with Gasteiger partial charge in [0, 0.05) is 6.54 Å². The van der Waals surface area contributed by atoms with E-state index in [1.807, 2.05) is 12.3 Å². The summed E-state index contributed by atoms with van der Waals surface area (Å²) in [5.41, 5.74) is 7.37. The van der Waals surface area contributed by atoms with Crippen LogP contribution >= 0.6 is 0 Å². The zero-order valence-corrected chi connectivity index (χ0v) is 5.40. The smallest absolute Gasteiger partial charge is 0.249 e. The monoisotopic (exact) mass is 132 g/mol. The molecule has 0 spiro atoms. The van der Waals surface area contributed by atoms with Crippen molar-refractivity contribution in [3.05, 3.63) is 0 Å². The highest BCUT2D eigenvalue weighted by molar-refractivity contribution is 5.77. The van der Waals surface area contributed by atoms with E-state index in [0.29, 0.717) is 0 Å². The molecule has 5 heteroatoms. The minimum Gasteiger partial charge on any atom is -0.293 e. The SMILES string of the molecule is CCNNCC(=O)NN. The number of carbonyl (C=O) groups excluding carboxylic acids is 1. The first-order valence-corrected chi connectivity index (χ1v) is 2.76. The summed E-state index contributed by atoms with van der Waals surface area (Å²) in [6.45, 7) is 2.90. The lowest BCUT2D eigenvalue weighted by Crippen LogP contribution is -2.43. The molecule has 0 saturated heterocycles. The fraction of sp³-hybridized carbons (Fsp3) is 0.750. The highest BCUT2D eigenvalue weighted by Gasteiger charge is 1.92. The van der Waals surface area contributed by atoms with Crippen LogP contribution in [0.5, 0.6) is 0 Å². The minimum atomic E-state index is -0.240. The van der Waals surface area contributed by atoms with Crippen molar-refractivity contribution in [2.45, 2.75) is 6.92 Å². The molecular weight excluding hydrogens is 120 g/mol. The third kappa shape index (κ3) is 5.22. The Morgan fingerprint density at radius 2 is 2.22 bits per heavy atom. The molecular formula is C4H12N4O. The number of nitrogens with two attached hydrogens (primary N) is 1. The van der Waals surface area contributed by atoms with Crippen molar-refractivity contribution in [2.75, 3.05) is 13.1 Å². The van der Waals surface area contributed by atoms with Gasteiger partial charge in [0.15, 0.2) is 0 Å². The molecule has 9 heavy (non-hydrogen) atoms. The van der Waals surface area contributed by atoms with E-state index in [1.165, 1.54) is 0 Å². The zero-order valence-electron chi connectivity index (χ0n) is 5.40. The lowest BCUT2D eigenvalue weighted by Gasteiger charge is -2.01. The van der Waals surface area contributed by atoms with E-state index >= 15 is 0 Å². The molecule has 1 amide bonds. The van der Waals surface area contributed by atoms with Gasteiger partial charge in [0.25, 0.3) is 0 Å². The van der Waals surface area contributed by atoms with Gasteiger partial charge in [-0.25, -0.2) is 11.3 Å². The number of carbonyl (C=O) groups is 1. The summed E-state index contributed by atoms with van der Waals surface area (Å²) in [6.07, 6.45) is 0. The normalized spacial score (nSPS) is 9.11. The Morgan fingerprint density at radius 1 is 1.56 bits per heavy atom. The molecule has 0 aliphatic heterocycles. The average molecular weight is 132 g/mol. The number of hydrazine groups is 2. The molecule has 0 radical (unpaired) electrons. The quantitative estimate of drug-likeness (QED) is 0.156. The van der Waals surface area contributed by atoms with Gasteiger partial charge in [-0.2, -0.15) is 0 Å². The molecule has 0 heterocycles. The first-order valence-electron chi connectivity index (χ1n) is 2.76. The Kier molecular flexibility index (Phi) is 5.09. The molecule has 0 aliphatic rings. The standard InChI is InChI=1S/C4H12N4O/c1-2-6-7-3-4(9)8-5/h6-7H,2-3,5H2,1H3,(H,8,9). The van der Waals surface area contributed by atoms with Crippen LogP contribution in [0.25, 0.3) is 0 Å². The summed E-state index contributed by atoms with van der Waals surface area (Å²) in [4.78, 5) is 10.3. The second-order valence-corrected chi connectivity index (χ2v) is 1.45. The third-order valence-electron chi connectivity index (χ3n) is 0.712. The van der Waals surface area contributed by atoms with Crippen LogP contribution in [0.15, 0.2) is 0 Å². The Balaban J connectivity index is 2.97. The van der Waals surface area contributed by atoms with Crippen LogP contribution in [-0.2, 0) is 4.79 Å². The Labute approximate surface area is 53.9 Å². The molecule has 5 nitrogen and oxygen atoms in total. The summed E-state index contributed by atoms with van der Waals surface area (Å²) in [5, 5.41) is 0. The number of amides is 1. The van der Waals surface area contributed by atoms with Gasteiger partial charge in [-0.1, -0.05) is 6.92 Å². The maximum atomic E-state index is 10.3. The van der Waals surface area contributed by atoms with Gasteiger partial charge in [-0.15, -0.1) is 0 Å². The van der Waals surface area contributed by atoms with Crippen LogP contribution in [0.2, 0.25) is 0 Å². The van der Waals surface area contributed by atoms with E-state index in [2.05, 4.69) is 10.9 Å². The van der Waals surface area contributed by atoms with Crippen molar-refractivity contribution in [3.8, 4) is 0 Å². The molecule has 0 aromatic heterocycles. The van der Waals surface area contributed by atoms with E-state index in [-0.39, 0.29) is 12.5 Å². The van der Waals surface area contributed by atoms with Gasteiger partial charge in [0.2, 0.25) is 5.91 Å². The van der Waals surface area contributed by atoms with Gasteiger partial charge in [-0.3, -0.25) is 15.6 Å². The molecule has 0 fully saturated rings. The molecule has 0 unspecified atom stereocenters. The minimum absolute atomic E-state index is 0.199. The van der Waals surface area contributed by atoms with Crippen molar-refractivity contribution >= 4 is 5.91 Å². The lowest BCUT2D eigenvalue weighted by atomic mass is 10.6. The predicted molar refractivity (Wildman–Crippen MR) is 34.0 cm³/mol. The summed E-state index contributed by atoms with van der Waals surface area (Å²) >= 11 is 0. The molecule has 54 valence electrons. The van der Waals surface area contributed by atoms with Crippen LogP contribution in [-0.4, -0.2) is 19.0 Å². The number of nitrogens with one attached hydrogen (secondary N) is 3. The van der Waals surface area contributed by atoms with E-state index in [9.17, 15) is 4.79 Å². The Hall–Kier alpha value is -0.650. The molecule has 0 rings (SSSR count). The average Bonchev–Trinajstić information content (AvgIpc) is 1.89. The molecule has 0 atom stereocenters.